The fourth-order valence-corrected chi connectivity index (χ4v) is 2.95. The molecule has 0 saturated carbocycles. The average Bonchev–Trinajstić information content (AvgIpc) is 3.18. The summed E-state index contributed by atoms with van der Waals surface area (Å²) in [7, 11) is 0. The van der Waals surface area contributed by atoms with Gasteiger partial charge in [0, 0.05) is 27.7 Å². The summed E-state index contributed by atoms with van der Waals surface area (Å²) in [5.41, 5.74) is 0. The molecular weight excluding hydrogens is 418 g/mol. The molecule has 31 heavy (non-hydrogen) atoms. The second-order valence-corrected chi connectivity index (χ2v) is 6.58. The van der Waals surface area contributed by atoms with Crippen LogP contribution in [-0.4, -0.2) is 67.0 Å². The molecular formula is C19H23NO11. The first-order chi connectivity index (χ1) is 14.6. The van der Waals surface area contributed by atoms with Crippen LogP contribution in [0.4, 0.5) is 0 Å². The number of carbonyl (C=O) groups is 5. The molecule has 1 aliphatic heterocycles. The van der Waals surface area contributed by atoms with E-state index in [4.69, 9.17) is 28.1 Å². The maximum atomic E-state index is 12.5. The molecule has 1 saturated heterocycles. The molecule has 1 N–H and O–H groups in total. The smallest absolute Gasteiger partial charge is 0.305 e. The van der Waals surface area contributed by atoms with Crippen LogP contribution < -0.4 is 5.32 Å². The maximum Gasteiger partial charge on any atom is 0.305 e. The minimum Gasteiger partial charge on any atom is -0.463 e. The van der Waals surface area contributed by atoms with E-state index in [1.807, 2.05) is 0 Å². The Morgan fingerprint density at radius 3 is 2.03 bits per heavy atom. The van der Waals surface area contributed by atoms with E-state index in [-0.39, 0.29) is 5.76 Å². The molecule has 170 valence electrons. The van der Waals surface area contributed by atoms with Crippen molar-refractivity contribution in [3.8, 4) is 0 Å². The van der Waals surface area contributed by atoms with Crippen molar-refractivity contribution in [2.75, 3.05) is 6.61 Å². The summed E-state index contributed by atoms with van der Waals surface area (Å²) in [6, 6.07) is 1.58. The van der Waals surface area contributed by atoms with Gasteiger partial charge in [-0.3, -0.25) is 24.0 Å². The van der Waals surface area contributed by atoms with Gasteiger partial charge in [0.2, 0.25) is 6.29 Å². The van der Waals surface area contributed by atoms with Crippen LogP contribution in [-0.2, 0) is 42.9 Å². The van der Waals surface area contributed by atoms with E-state index < -0.39 is 67.0 Å². The quantitative estimate of drug-likeness (QED) is 0.452. The number of ether oxygens (including phenoxy) is 5. The van der Waals surface area contributed by atoms with Gasteiger partial charge in [0.15, 0.2) is 18.0 Å². The summed E-state index contributed by atoms with van der Waals surface area (Å²) in [5, 5.41) is 2.51. The highest BCUT2D eigenvalue weighted by Gasteiger charge is 2.52. The number of rotatable bonds is 7. The molecule has 0 unspecified atom stereocenters. The van der Waals surface area contributed by atoms with Gasteiger partial charge in [0.05, 0.1) is 6.26 Å². The van der Waals surface area contributed by atoms with Gasteiger partial charge in [0.25, 0.3) is 5.91 Å². The maximum absolute atomic E-state index is 12.5. The molecule has 0 bridgehead atoms. The van der Waals surface area contributed by atoms with Crippen molar-refractivity contribution < 1.29 is 52.1 Å². The summed E-state index contributed by atoms with van der Waals surface area (Å²) in [6.07, 6.45) is -4.00. The van der Waals surface area contributed by atoms with Gasteiger partial charge in [-0.2, -0.15) is 0 Å². The molecule has 1 aromatic heterocycles. The lowest BCUT2D eigenvalue weighted by Crippen LogP contribution is -2.67. The molecule has 0 radical (unpaired) electrons. The third-order valence-corrected chi connectivity index (χ3v) is 4.03. The predicted molar refractivity (Wildman–Crippen MR) is 98.1 cm³/mol. The van der Waals surface area contributed by atoms with Crippen molar-refractivity contribution in [3.63, 3.8) is 0 Å². The van der Waals surface area contributed by atoms with E-state index in [2.05, 4.69) is 5.32 Å². The summed E-state index contributed by atoms with van der Waals surface area (Å²) in [4.78, 5) is 58.9. The molecule has 12 nitrogen and oxygen atoms in total. The Hall–Kier alpha value is -3.41. The van der Waals surface area contributed by atoms with Gasteiger partial charge in [-0.15, -0.1) is 0 Å². The highest BCUT2D eigenvalue weighted by molar-refractivity contribution is 5.91. The number of furan rings is 1. The molecule has 1 aliphatic rings. The van der Waals surface area contributed by atoms with E-state index in [1.165, 1.54) is 18.4 Å². The molecule has 0 aromatic carbocycles. The number of amides is 1. The van der Waals surface area contributed by atoms with Crippen LogP contribution in [0.2, 0.25) is 0 Å². The molecule has 0 aliphatic carbocycles. The molecule has 2 heterocycles. The molecule has 1 fully saturated rings. The van der Waals surface area contributed by atoms with E-state index >= 15 is 0 Å². The molecule has 12 heteroatoms. The lowest BCUT2D eigenvalue weighted by Gasteiger charge is -2.44. The van der Waals surface area contributed by atoms with Gasteiger partial charge in [-0.05, 0) is 12.1 Å². The van der Waals surface area contributed by atoms with Crippen LogP contribution in [0, 0.1) is 0 Å². The van der Waals surface area contributed by atoms with Crippen molar-refractivity contribution in [2.45, 2.75) is 58.3 Å². The monoisotopic (exact) mass is 441 g/mol. The van der Waals surface area contributed by atoms with Gasteiger partial charge >= 0.3 is 23.9 Å². The van der Waals surface area contributed by atoms with Crippen LogP contribution in [0.15, 0.2) is 22.8 Å². The van der Waals surface area contributed by atoms with E-state index in [1.54, 1.807) is 0 Å². The van der Waals surface area contributed by atoms with E-state index in [0.717, 1.165) is 27.7 Å². The molecule has 1 aromatic rings. The lowest BCUT2D eigenvalue weighted by atomic mass is 9.96. The van der Waals surface area contributed by atoms with Crippen LogP contribution in [0.1, 0.15) is 38.2 Å². The Bertz CT molecular complexity index is 819. The second kappa shape index (κ2) is 10.6. The number of hydrogen-bond donors (Lipinski definition) is 1. The second-order valence-electron chi connectivity index (χ2n) is 6.58. The normalized spacial score (nSPS) is 25.1. The predicted octanol–water partition coefficient (Wildman–Crippen LogP) is 0.0925. The van der Waals surface area contributed by atoms with Crippen molar-refractivity contribution in [1.29, 1.82) is 0 Å². The first kappa shape index (κ1) is 23.9. The SMILES string of the molecule is CC(=O)OC[C@@H]1O[C@H](OC(C)=O)[C@H](NC(=O)c2ccco2)[C@H](OC(C)=O)[C@H]1OC(C)=O. The Labute approximate surface area is 177 Å². The molecule has 1 amide bonds. The zero-order valence-electron chi connectivity index (χ0n) is 17.3. The van der Waals surface area contributed by atoms with Gasteiger partial charge in [0.1, 0.15) is 18.8 Å². The third-order valence-electron chi connectivity index (χ3n) is 4.03. The highest BCUT2D eigenvalue weighted by Crippen LogP contribution is 2.28. The minimum absolute atomic E-state index is 0.0748. The largest absolute Gasteiger partial charge is 0.463 e. The number of nitrogens with one attached hydrogen (secondary N) is 1. The zero-order chi connectivity index (χ0) is 23.1. The topological polar surface area (TPSA) is 157 Å². The first-order valence-corrected chi connectivity index (χ1v) is 9.23. The van der Waals surface area contributed by atoms with E-state index in [9.17, 15) is 24.0 Å². The van der Waals surface area contributed by atoms with Gasteiger partial charge in [-0.1, -0.05) is 0 Å². The Kier molecular flexibility index (Phi) is 8.14. The Morgan fingerprint density at radius 1 is 0.903 bits per heavy atom. The van der Waals surface area contributed by atoms with Crippen molar-refractivity contribution in [1.82, 2.24) is 5.32 Å². The first-order valence-electron chi connectivity index (χ1n) is 9.23. The summed E-state index contributed by atoms with van der Waals surface area (Å²) >= 11 is 0. The zero-order valence-corrected chi connectivity index (χ0v) is 17.3. The molecule has 2 rings (SSSR count). The lowest BCUT2D eigenvalue weighted by molar-refractivity contribution is -0.270. The minimum atomic E-state index is -1.46. The van der Waals surface area contributed by atoms with Gasteiger partial charge < -0.3 is 33.4 Å². The fourth-order valence-electron chi connectivity index (χ4n) is 2.95. The van der Waals surface area contributed by atoms with Crippen molar-refractivity contribution >= 4 is 29.8 Å². The molecule has 0 spiro atoms. The number of carbonyl (C=O) groups excluding carboxylic acids is 5. The average molecular weight is 441 g/mol. The fraction of sp³-hybridized carbons (Fsp3) is 0.526. The van der Waals surface area contributed by atoms with Crippen LogP contribution in [0.5, 0.6) is 0 Å². The van der Waals surface area contributed by atoms with Crippen LogP contribution in [0.3, 0.4) is 0 Å². The van der Waals surface area contributed by atoms with Gasteiger partial charge in [-0.25, -0.2) is 0 Å². The highest BCUT2D eigenvalue weighted by atomic mass is 16.7. The van der Waals surface area contributed by atoms with Crippen molar-refractivity contribution in [3.05, 3.63) is 24.2 Å². The number of hydrogen-bond acceptors (Lipinski definition) is 11. The van der Waals surface area contributed by atoms with E-state index in [0.29, 0.717) is 0 Å². The van der Waals surface area contributed by atoms with Crippen LogP contribution in [0.25, 0.3) is 0 Å². The Balaban J connectivity index is 2.42. The van der Waals surface area contributed by atoms with Crippen molar-refractivity contribution in [2.24, 2.45) is 0 Å². The third kappa shape index (κ3) is 6.81. The summed E-state index contributed by atoms with van der Waals surface area (Å²) in [6.45, 7) is 4.08. The molecule has 5 atom stereocenters. The van der Waals surface area contributed by atoms with Crippen LogP contribution >= 0.6 is 0 Å². The Morgan fingerprint density at radius 2 is 1.52 bits per heavy atom. The summed E-state index contributed by atoms with van der Waals surface area (Å²) in [5.74, 6) is -3.73. The summed E-state index contributed by atoms with van der Waals surface area (Å²) < 4.78 is 31.4. The standard InChI is InChI=1S/C19H23NO11/c1-9(21)27-8-14-16(28-10(2)22)17(29-11(3)23)15(19(31-14)30-12(4)24)20-18(25)13-6-5-7-26-13/h5-7,14-17,19H,8H2,1-4H3,(H,20,25)/t14-,15+,16-,17-,19-/m0/s1. The number of esters is 4.